The molecule has 0 bridgehead atoms. The predicted octanol–water partition coefficient (Wildman–Crippen LogP) is 3.21. The fourth-order valence-electron chi connectivity index (χ4n) is 2.86. The third-order valence-corrected chi connectivity index (χ3v) is 3.76. The number of fused-ring (bicyclic) bond motifs is 1. The van der Waals surface area contributed by atoms with E-state index in [1.807, 2.05) is 0 Å². The average molecular weight is 243 g/mol. The molecule has 2 aliphatic rings. The third-order valence-electron chi connectivity index (χ3n) is 3.76. The van der Waals surface area contributed by atoms with Crippen molar-refractivity contribution in [3.8, 4) is 5.75 Å². The number of nitrogens with one attached hydrogen (secondary N) is 1. The normalized spacial score (nSPS) is 21.0. The predicted molar refractivity (Wildman–Crippen MR) is 73.9 cm³/mol. The SMILES string of the molecule is CC1(C)Cc2cccc(CNC3CC=CC3)c2O1. The molecule has 1 aromatic rings. The van der Waals surface area contributed by atoms with Crippen molar-refractivity contribution in [3.05, 3.63) is 41.5 Å². The molecule has 18 heavy (non-hydrogen) atoms. The Hall–Kier alpha value is -1.28. The first-order chi connectivity index (χ1) is 8.64. The summed E-state index contributed by atoms with van der Waals surface area (Å²) in [6, 6.07) is 7.11. The molecule has 2 nitrogen and oxygen atoms in total. The minimum Gasteiger partial charge on any atom is -0.487 e. The molecular formula is C16H21NO. The lowest BCUT2D eigenvalue weighted by atomic mass is 10.0. The molecular weight excluding hydrogens is 222 g/mol. The molecule has 0 aromatic heterocycles. The topological polar surface area (TPSA) is 21.3 Å². The van der Waals surface area contributed by atoms with Crippen molar-refractivity contribution in [1.29, 1.82) is 0 Å². The largest absolute Gasteiger partial charge is 0.487 e. The van der Waals surface area contributed by atoms with Gasteiger partial charge in [0.2, 0.25) is 0 Å². The van der Waals surface area contributed by atoms with Crippen LogP contribution in [0.25, 0.3) is 0 Å². The Balaban J connectivity index is 1.72. The molecule has 2 heteroatoms. The summed E-state index contributed by atoms with van der Waals surface area (Å²) in [6.07, 6.45) is 7.84. The Morgan fingerprint density at radius 3 is 2.83 bits per heavy atom. The van der Waals surface area contributed by atoms with Gasteiger partial charge in [-0.15, -0.1) is 0 Å². The van der Waals surface area contributed by atoms with Crippen molar-refractivity contribution >= 4 is 0 Å². The van der Waals surface area contributed by atoms with Crippen molar-refractivity contribution in [3.63, 3.8) is 0 Å². The fraction of sp³-hybridized carbons (Fsp3) is 0.500. The lowest BCUT2D eigenvalue weighted by Gasteiger charge is -2.19. The van der Waals surface area contributed by atoms with Crippen LogP contribution in [0.1, 0.15) is 37.8 Å². The molecule has 3 rings (SSSR count). The second-order valence-electron chi connectivity index (χ2n) is 5.96. The first kappa shape index (κ1) is 11.8. The highest BCUT2D eigenvalue weighted by Crippen LogP contribution is 2.37. The van der Waals surface area contributed by atoms with Crippen LogP contribution in [-0.2, 0) is 13.0 Å². The van der Waals surface area contributed by atoms with E-state index in [2.05, 4.69) is 49.5 Å². The molecule has 96 valence electrons. The van der Waals surface area contributed by atoms with E-state index >= 15 is 0 Å². The number of para-hydroxylation sites is 1. The van der Waals surface area contributed by atoms with Gasteiger partial charge in [-0.05, 0) is 32.3 Å². The molecule has 1 heterocycles. The van der Waals surface area contributed by atoms with Gasteiger partial charge < -0.3 is 10.1 Å². The van der Waals surface area contributed by atoms with Crippen molar-refractivity contribution in [2.24, 2.45) is 0 Å². The van der Waals surface area contributed by atoms with Crippen LogP contribution < -0.4 is 10.1 Å². The van der Waals surface area contributed by atoms with Gasteiger partial charge in [0.1, 0.15) is 11.4 Å². The number of rotatable bonds is 3. The van der Waals surface area contributed by atoms with Crippen LogP contribution in [-0.4, -0.2) is 11.6 Å². The highest BCUT2D eigenvalue weighted by atomic mass is 16.5. The zero-order valence-electron chi connectivity index (χ0n) is 11.2. The third kappa shape index (κ3) is 2.30. The average Bonchev–Trinajstić information content (AvgIpc) is 2.91. The minimum atomic E-state index is -0.0483. The standard InChI is InChI=1S/C16H21NO/c1-16(2)10-12-6-5-7-13(15(12)18-16)11-17-14-8-3-4-9-14/h3-7,14,17H,8-11H2,1-2H3. The Morgan fingerprint density at radius 1 is 1.28 bits per heavy atom. The van der Waals surface area contributed by atoms with E-state index in [4.69, 9.17) is 4.74 Å². The first-order valence-electron chi connectivity index (χ1n) is 6.82. The molecule has 0 spiro atoms. The van der Waals surface area contributed by atoms with Gasteiger partial charge >= 0.3 is 0 Å². The molecule has 0 radical (unpaired) electrons. The minimum absolute atomic E-state index is 0.0483. The van der Waals surface area contributed by atoms with Gasteiger partial charge in [-0.1, -0.05) is 30.4 Å². The van der Waals surface area contributed by atoms with Crippen molar-refractivity contribution < 1.29 is 4.74 Å². The van der Waals surface area contributed by atoms with Crippen molar-refractivity contribution in [2.45, 2.75) is 51.3 Å². The Bertz CT molecular complexity index is 468. The maximum absolute atomic E-state index is 6.08. The van der Waals surface area contributed by atoms with Crippen LogP contribution in [0.3, 0.4) is 0 Å². The van der Waals surface area contributed by atoms with Crippen LogP contribution >= 0.6 is 0 Å². The van der Waals surface area contributed by atoms with Gasteiger partial charge in [-0.25, -0.2) is 0 Å². The summed E-state index contributed by atoms with van der Waals surface area (Å²) in [4.78, 5) is 0. The Kier molecular flexibility index (Phi) is 2.90. The summed E-state index contributed by atoms with van der Waals surface area (Å²) in [6.45, 7) is 5.22. The number of ether oxygens (including phenoxy) is 1. The van der Waals surface area contributed by atoms with E-state index in [1.54, 1.807) is 0 Å². The number of benzene rings is 1. The maximum Gasteiger partial charge on any atom is 0.127 e. The van der Waals surface area contributed by atoms with Gasteiger partial charge in [-0.3, -0.25) is 0 Å². The van der Waals surface area contributed by atoms with Gasteiger partial charge in [0, 0.05) is 24.6 Å². The smallest absolute Gasteiger partial charge is 0.127 e. The number of hydrogen-bond acceptors (Lipinski definition) is 2. The zero-order chi connectivity index (χ0) is 12.6. The van der Waals surface area contributed by atoms with Crippen LogP contribution in [0.15, 0.2) is 30.4 Å². The first-order valence-corrected chi connectivity index (χ1v) is 6.82. The van der Waals surface area contributed by atoms with E-state index < -0.39 is 0 Å². The highest BCUT2D eigenvalue weighted by molar-refractivity contribution is 5.45. The van der Waals surface area contributed by atoms with Crippen LogP contribution in [0, 0.1) is 0 Å². The Morgan fingerprint density at radius 2 is 2.06 bits per heavy atom. The van der Waals surface area contributed by atoms with Crippen LogP contribution in [0.2, 0.25) is 0 Å². The second kappa shape index (κ2) is 4.43. The Labute approximate surface area is 109 Å². The molecule has 1 N–H and O–H groups in total. The van der Waals surface area contributed by atoms with Gasteiger partial charge in [0.15, 0.2) is 0 Å². The molecule has 0 amide bonds. The number of hydrogen-bond donors (Lipinski definition) is 1. The summed E-state index contributed by atoms with van der Waals surface area (Å²) in [5, 5.41) is 3.61. The molecule has 0 saturated heterocycles. The van der Waals surface area contributed by atoms with E-state index in [-0.39, 0.29) is 5.60 Å². The van der Waals surface area contributed by atoms with E-state index in [1.165, 1.54) is 11.1 Å². The molecule has 0 fully saturated rings. The summed E-state index contributed by atoms with van der Waals surface area (Å²) in [5.41, 5.74) is 2.60. The highest BCUT2D eigenvalue weighted by Gasteiger charge is 2.31. The summed E-state index contributed by atoms with van der Waals surface area (Å²) in [5.74, 6) is 1.11. The summed E-state index contributed by atoms with van der Waals surface area (Å²) in [7, 11) is 0. The van der Waals surface area contributed by atoms with Gasteiger partial charge in [0.05, 0.1) is 0 Å². The van der Waals surface area contributed by atoms with Gasteiger partial charge in [-0.2, -0.15) is 0 Å². The van der Waals surface area contributed by atoms with Crippen molar-refractivity contribution in [2.75, 3.05) is 0 Å². The molecule has 1 aromatic carbocycles. The van der Waals surface area contributed by atoms with Crippen LogP contribution in [0.5, 0.6) is 5.75 Å². The molecule has 0 atom stereocenters. The lowest BCUT2D eigenvalue weighted by molar-refractivity contribution is 0.137. The fourth-order valence-corrected chi connectivity index (χ4v) is 2.86. The van der Waals surface area contributed by atoms with E-state index in [9.17, 15) is 0 Å². The van der Waals surface area contributed by atoms with E-state index in [0.29, 0.717) is 6.04 Å². The quantitative estimate of drug-likeness (QED) is 0.823. The summed E-state index contributed by atoms with van der Waals surface area (Å²) >= 11 is 0. The monoisotopic (exact) mass is 243 g/mol. The lowest BCUT2D eigenvalue weighted by Crippen LogP contribution is -2.27. The van der Waals surface area contributed by atoms with Crippen LogP contribution in [0.4, 0.5) is 0 Å². The van der Waals surface area contributed by atoms with Crippen molar-refractivity contribution in [1.82, 2.24) is 5.32 Å². The molecule has 0 unspecified atom stereocenters. The second-order valence-corrected chi connectivity index (χ2v) is 5.96. The molecule has 1 aliphatic heterocycles. The van der Waals surface area contributed by atoms with E-state index in [0.717, 1.165) is 31.6 Å². The molecule has 1 aliphatic carbocycles. The maximum atomic E-state index is 6.08. The molecule has 0 saturated carbocycles. The zero-order valence-corrected chi connectivity index (χ0v) is 11.2. The van der Waals surface area contributed by atoms with Gasteiger partial charge in [0.25, 0.3) is 0 Å². The summed E-state index contributed by atoms with van der Waals surface area (Å²) < 4.78 is 6.08.